The Morgan fingerprint density at radius 1 is 1.41 bits per heavy atom. The fraction of sp³-hybridized carbons (Fsp3) is 0.643. The molecule has 0 amide bonds. The molecule has 0 saturated heterocycles. The summed E-state index contributed by atoms with van der Waals surface area (Å²) in [5.41, 5.74) is 0.594. The Kier molecular flexibility index (Phi) is 9.67. The number of aliphatic hydroxyl groups is 1. The highest BCUT2D eigenvalue weighted by Gasteiger charge is 2.12. The van der Waals surface area contributed by atoms with Crippen LogP contribution in [-0.4, -0.2) is 21.8 Å². The third-order valence-corrected chi connectivity index (χ3v) is 2.14. The normalized spacial score (nSPS) is 13.1. The van der Waals surface area contributed by atoms with Gasteiger partial charge in [0.1, 0.15) is 0 Å². The fourth-order valence-electron chi connectivity index (χ4n) is 0.755. The van der Waals surface area contributed by atoms with Crippen molar-refractivity contribution in [1.29, 1.82) is 0 Å². The van der Waals surface area contributed by atoms with E-state index in [-0.39, 0.29) is 5.92 Å². The van der Waals surface area contributed by atoms with Gasteiger partial charge in [-0.05, 0) is 33.6 Å². The molecule has 2 N–H and O–H groups in total. The minimum Gasteiger partial charge on any atom is -0.481 e. The lowest BCUT2D eigenvalue weighted by atomic mass is 10.00. The van der Waals surface area contributed by atoms with Crippen LogP contribution in [0.15, 0.2) is 24.3 Å². The van der Waals surface area contributed by atoms with Crippen LogP contribution in [0.25, 0.3) is 0 Å². The average Bonchev–Trinajstić information content (AvgIpc) is 2.17. The molecular weight excluding hydrogens is 216 g/mol. The molecule has 0 spiro atoms. The van der Waals surface area contributed by atoms with E-state index in [1.54, 1.807) is 26.8 Å². The van der Waals surface area contributed by atoms with Gasteiger partial charge in [-0.2, -0.15) is 0 Å². The van der Waals surface area contributed by atoms with Gasteiger partial charge in [0.05, 0.1) is 11.5 Å². The summed E-state index contributed by atoms with van der Waals surface area (Å²) in [5.74, 6) is -0.972. The van der Waals surface area contributed by atoms with Crippen molar-refractivity contribution in [2.45, 2.75) is 53.1 Å². The number of rotatable bonds is 5. The van der Waals surface area contributed by atoms with Crippen LogP contribution < -0.4 is 0 Å². The van der Waals surface area contributed by atoms with Gasteiger partial charge in [-0.3, -0.25) is 4.79 Å². The second-order valence-electron chi connectivity index (χ2n) is 4.87. The monoisotopic (exact) mass is 242 g/mol. The van der Waals surface area contributed by atoms with E-state index in [1.807, 2.05) is 0 Å². The number of allylic oxidation sites excluding steroid dienone is 2. The summed E-state index contributed by atoms with van der Waals surface area (Å²) >= 11 is 0. The second kappa shape index (κ2) is 8.99. The van der Waals surface area contributed by atoms with Crippen molar-refractivity contribution >= 4 is 5.97 Å². The standard InChI is InChI=1S/C10H18O.C4H8O2/c1-5-10(4,11)8-6-7-9(2)3;1-3(2)4(5)6/h5,7,11H,1,6,8H2,2-4H3;3H,1-2H3,(H,5,6). The molecule has 0 aliphatic rings. The van der Waals surface area contributed by atoms with Gasteiger partial charge >= 0.3 is 5.97 Å². The highest BCUT2D eigenvalue weighted by atomic mass is 16.4. The van der Waals surface area contributed by atoms with Crippen molar-refractivity contribution in [3.63, 3.8) is 0 Å². The Morgan fingerprint density at radius 3 is 2.06 bits per heavy atom. The highest BCUT2D eigenvalue weighted by Crippen LogP contribution is 2.13. The topological polar surface area (TPSA) is 57.5 Å². The van der Waals surface area contributed by atoms with Crippen molar-refractivity contribution in [3.8, 4) is 0 Å². The Bertz CT molecular complexity index is 259. The Labute approximate surface area is 105 Å². The number of carbonyl (C=O) groups is 1. The first kappa shape index (κ1) is 18.3. The molecule has 0 aromatic heterocycles. The largest absolute Gasteiger partial charge is 0.481 e. The summed E-state index contributed by atoms with van der Waals surface area (Å²) in [6, 6.07) is 0. The summed E-state index contributed by atoms with van der Waals surface area (Å²) in [4.78, 5) is 9.70. The quantitative estimate of drug-likeness (QED) is 0.726. The van der Waals surface area contributed by atoms with Crippen LogP contribution >= 0.6 is 0 Å². The van der Waals surface area contributed by atoms with Crippen molar-refractivity contribution in [2.75, 3.05) is 0 Å². The lowest BCUT2D eigenvalue weighted by molar-refractivity contribution is -0.140. The van der Waals surface area contributed by atoms with E-state index in [4.69, 9.17) is 5.11 Å². The lowest BCUT2D eigenvalue weighted by Crippen LogP contribution is -2.19. The predicted octanol–water partition coefficient (Wildman–Crippen LogP) is 3.40. The summed E-state index contributed by atoms with van der Waals surface area (Å²) in [6.07, 6.45) is 5.38. The van der Waals surface area contributed by atoms with Crippen LogP contribution in [0.3, 0.4) is 0 Å². The smallest absolute Gasteiger partial charge is 0.305 e. The third kappa shape index (κ3) is 14.9. The molecule has 3 nitrogen and oxygen atoms in total. The van der Waals surface area contributed by atoms with E-state index in [0.29, 0.717) is 0 Å². The Balaban J connectivity index is 0. The zero-order valence-corrected chi connectivity index (χ0v) is 11.7. The van der Waals surface area contributed by atoms with Crippen molar-refractivity contribution in [1.82, 2.24) is 0 Å². The maximum absolute atomic E-state index is 9.70. The molecule has 0 aliphatic carbocycles. The zero-order valence-electron chi connectivity index (χ0n) is 11.7. The molecule has 1 unspecified atom stereocenters. The van der Waals surface area contributed by atoms with Gasteiger partial charge in [0.25, 0.3) is 0 Å². The van der Waals surface area contributed by atoms with Gasteiger partial charge in [-0.15, -0.1) is 6.58 Å². The molecule has 0 fully saturated rings. The van der Waals surface area contributed by atoms with Gasteiger partial charge in [0, 0.05) is 0 Å². The van der Waals surface area contributed by atoms with Crippen molar-refractivity contribution in [2.24, 2.45) is 5.92 Å². The SMILES string of the molecule is C=CC(C)(O)CCC=C(C)C.CC(C)C(=O)O. The van der Waals surface area contributed by atoms with Crippen LogP contribution in [0.1, 0.15) is 47.5 Å². The maximum Gasteiger partial charge on any atom is 0.305 e. The first-order valence-corrected chi connectivity index (χ1v) is 5.84. The van der Waals surface area contributed by atoms with E-state index in [2.05, 4.69) is 26.5 Å². The summed E-state index contributed by atoms with van der Waals surface area (Å²) in [5, 5.41) is 17.5. The van der Waals surface area contributed by atoms with Crippen molar-refractivity contribution in [3.05, 3.63) is 24.3 Å². The van der Waals surface area contributed by atoms with E-state index in [9.17, 15) is 9.90 Å². The van der Waals surface area contributed by atoms with Gasteiger partial charge in [0.2, 0.25) is 0 Å². The first-order chi connectivity index (χ1) is 7.62. The zero-order chi connectivity index (χ0) is 14.1. The van der Waals surface area contributed by atoms with Gasteiger partial charge in [-0.25, -0.2) is 0 Å². The van der Waals surface area contributed by atoms with E-state index in [1.165, 1.54) is 5.57 Å². The van der Waals surface area contributed by atoms with Crippen LogP contribution in [0, 0.1) is 5.92 Å². The third-order valence-electron chi connectivity index (χ3n) is 2.14. The molecule has 0 rings (SSSR count). The van der Waals surface area contributed by atoms with Crippen LogP contribution in [0.4, 0.5) is 0 Å². The molecule has 0 heterocycles. The number of hydrogen-bond acceptors (Lipinski definition) is 2. The van der Waals surface area contributed by atoms with Gasteiger partial charge < -0.3 is 10.2 Å². The molecule has 1 atom stereocenters. The molecule has 3 heteroatoms. The van der Waals surface area contributed by atoms with Crippen molar-refractivity contribution < 1.29 is 15.0 Å². The minimum absolute atomic E-state index is 0.231. The molecular formula is C14H26O3. The first-order valence-electron chi connectivity index (χ1n) is 5.84. The summed E-state index contributed by atoms with van der Waals surface area (Å²) < 4.78 is 0. The number of hydrogen-bond donors (Lipinski definition) is 2. The van der Waals surface area contributed by atoms with E-state index in [0.717, 1.165) is 12.8 Å². The van der Waals surface area contributed by atoms with Crippen LogP contribution in [-0.2, 0) is 4.79 Å². The van der Waals surface area contributed by atoms with E-state index >= 15 is 0 Å². The second-order valence-corrected chi connectivity index (χ2v) is 4.87. The average molecular weight is 242 g/mol. The van der Waals surface area contributed by atoms with Gasteiger partial charge in [-0.1, -0.05) is 31.6 Å². The molecule has 100 valence electrons. The molecule has 17 heavy (non-hydrogen) atoms. The summed E-state index contributed by atoms with van der Waals surface area (Å²) in [7, 11) is 0. The fourth-order valence-corrected chi connectivity index (χ4v) is 0.755. The van der Waals surface area contributed by atoms with Gasteiger partial charge in [0.15, 0.2) is 0 Å². The van der Waals surface area contributed by atoms with Crippen LogP contribution in [0.2, 0.25) is 0 Å². The number of carboxylic acids is 1. The molecule has 0 aromatic carbocycles. The number of carboxylic acid groups (broad SMARTS) is 1. The Hall–Kier alpha value is -1.09. The molecule has 0 radical (unpaired) electrons. The molecule has 0 aliphatic heterocycles. The predicted molar refractivity (Wildman–Crippen MR) is 72.0 cm³/mol. The molecule has 0 aromatic rings. The minimum atomic E-state index is -0.741. The lowest BCUT2D eigenvalue weighted by Gasteiger charge is -2.16. The highest BCUT2D eigenvalue weighted by molar-refractivity contribution is 5.68. The molecule has 0 bridgehead atoms. The van der Waals surface area contributed by atoms with E-state index < -0.39 is 11.6 Å². The van der Waals surface area contributed by atoms with Crippen LogP contribution in [0.5, 0.6) is 0 Å². The molecule has 0 saturated carbocycles. The Morgan fingerprint density at radius 2 is 1.82 bits per heavy atom. The number of aliphatic carboxylic acids is 1. The maximum atomic E-state index is 9.70. The summed E-state index contributed by atoms with van der Waals surface area (Å²) in [6.45, 7) is 12.7.